The van der Waals surface area contributed by atoms with Gasteiger partial charge in [-0.2, -0.15) is 5.10 Å². The van der Waals surface area contributed by atoms with Crippen LogP contribution in [0.2, 0.25) is 0 Å². The van der Waals surface area contributed by atoms with Gasteiger partial charge >= 0.3 is 0 Å². The van der Waals surface area contributed by atoms with Crippen LogP contribution < -0.4 is 9.46 Å². The number of aromatic nitrogens is 2. The highest BCUT2D eigenvalue weighted by atomic mass is 32.2. The van der Waals surface area contributed by atoms with Crippen LogP contribution in [0, 0.1) is 12.8 Å². The lowest BCUT2D eigenvalue weighted by molar-refractivity contribution is 0.294. The topological polar surface area (TPSA) is 73.2 Å². The minimum absolute atomic E-state index is 0.211. The summed E-state index contributed by atoms with van der Waals surface area (Å²) in [5.74, 6) is 1.12. The molecule has 1 aliphatic heterocycles. The van der Waals surface area contributed by atoms with Gasteiger partial charge in [0.2, 0.25) is 0 Å². The van der Waals surface area contributed by atoms with Crippen molar-refractivity contribution < 1.29 is 13.2 Å². The lowest BCUT2D eigenvalue weighted by atomic mass is 9.97. The molecule has 0 unspecified atom stereocenters. The molecule has 0 bridgehead atoms. The highest BCUT2D eigenvalue weighted by Crippen LogP contribution is 2.26. The van der Waals surface area contributed by atoms with Gasteiger partial charge in [-0.25, -0.2) is 13.1 Å². The molecule has 24 heavy (non-hydrogen) atoms. The van der Waals surface area contributed by atoms with E-state index in [4.69, 9.17) is 4.74 Å². The maximum absolute atomic E-state index is 12.6. The summed E-state index contributed by atoms with van der Waals surface area (Å²) < 4.78 is 35.2. The van der Waals surface area contributed by atoms with Crippen LogP contribution in [0.3, 0.4) is 0 Å². The minimum Gasteiger partial charge on any atom is -0.493 e. The second-order valence-electron chi connectivity index (χ2n) is 6.11. The van der Waals surface area contributed by atoms with Crippen LogP contribution in [-0.2, 0) is 23.0 Å². The first kappa shape index (κ1) is 17.0. The fourth-order valence-corrected chi connectivity index (χ4v) is 4.38. The number of nitrogens with one attached hydrogen (secondary N) is 1. The number of hydrogen-bond donors (Lipinski definition) is 1. The van der Waals surface area contributed by atoms with E-state index in [2.05, 4.69) is 9.82 Å². The molecule has 1 aromatic heterocycles. The predicted molar refractivity (Wildman–Crippen MR) is 91.6 cm³/mol. The Labute approximate surface area is 142 Å². The van der Waals surface area contributed by atoms with E-state index in [0.29, 0.717) is 25.4 Å². The zero-order valence-corrected chi connectivity index (χ0v) is 14.8. The summed E-state index contributed by atoms with van der Waals surface area (Å²) in [5.41, 5.74) is 1.84. The number of fused-ring (bicyclic) bond motifs is 1. The Hall–Kier alpha value is -1.86. The molecule has 7 heteroatoms. The van der Waals surface area contributed by atoms with Gasteiger partial charge in [0.05, 0.1) is 12.3 Å². The lowest BCUT2D eigenvalue weighted by Crippen LogP contribution is -2.32. The molecule has 0 saturated heterocycles. The Bertz CT molecular complexity index is 814. The SMILES string of the molecule is CCn1nc(C)cc1S(=O)(=O)NC[C@@H]1CCOc2ccccc2C1. The first-order valence-corrected chi connectivity index (χ1v) is 9.72. The van der Waals surface area contributed by atoms with Gasteiger partial charge in [-0.1, -0.05) is 18.2 Å². The van der Waals surface area contributed by atoms with Crippen LogP contribution in [0.1, 0.15) is 24.6 Å². The number of ether oxygens (including phenoxy) is 1. The van der Waals surface area contributed by atoms with Gasteiger partial charge in [0.15, 0.2) is 5.03 Å². The van der Waals surface area contributed by atoms with Crippen molar-refractivity contribution in [1.29, 1.82) is 0 Å². The van der Waals surface area contributed by atoms with E-state index >= 15 is 0 Å². The normalized spacial score (nSPS) is 17.8. The molecule has 0 radical (unpaired) electrons. The van der Waals surface area contributed by atoms with E-state index < -0.39 is 10.0 Å². The number of sulfonamides is 1. The maximum Gasteiger partial charge on any atom is 0.257 e. The maximum atomic E-state index is 12.6. The Morgan fingerprint density at radius 3 is 2.96 bits per heavy atom. The van der Waals surface area contributed by atoms with Crippen molar-refractivity contribution in [1.82, 2.24) is 14.5 Å². The van der Waals surface area contributed by atoms with Crippen LogP contribution in [-0.4, -0.2) is 31.3 Å². The highest BCUT2D eigenvalue weighted by Gasteiger charge is 2.23. The molecule has 0 amide bonds. The van der Waals surface area contributed by atoms with Crippen molar-refractivity contribution in [3.63, 3.8) is 0 Å². The average Bonchev–Trinajstić information content (AvgIpc) is 2.83. The molecule has 0 saturated carbocycles. The molecular weight excluding hydrogens is 326 g/mol. The third-order valence-corrected chi connectivity index (χ3v) is 5.69. The van der Waals surface area contributed by atoms with Crippen molar-refractivity contribution in [2.45, 2.75) is 38.3 Å². The monoisotopic (exact) mass is 349 g/mol. The molecule has 1 aromatic carbocycles. The van der Waals surface area contributed by atoms with Crippen molar-refractivity contribution in [2.75, 3.05) is 13.2 Å². The molecule has 0 spiro atoms. The number of nitrogens with zero attached hydrogens (tertiary/aromatic N) is 2. The summed E-state index contributed by atoms with van der Waals surface area (Å²) in [6.45, 7) is 5.20. The van der Waals surface area contributed by atoms with E-state index in [1.807, 2.05) is 31.2 Å². The summed E-state index contributed by atoms with van der Waals surface area (Å²) in [4.78, 5) is 0. The van der Waals surface area contributed by atoms with E-state index in [1.165, 1.54) is 4.68 Å². The minimum atomic E-state index is -3.56. The number of aryl methyl sites for hydroxylation is 2. The van der Waals surface area contributed by atoms with Gasteiger partial charge in [-0.3, -0.25) is 4.68 Å². The Morgan fingerprint density at radius 1 is 1.38 bits per heavy atom. The van der Waals surface area contributed by atoms with Gasteiger partial charge in [-0.15, -0.1) is 0 Å². The number of benzene rings is 1. The first-order valence-electron chi connectivity index (χ1n) is 8.24. The smallest absolute Gasteiger partial charge is 0.257 e. The van der Waals surface area contributed by atoms with Crippen molar-refractivity contribution in [3.8, 4) is 5.75 Å². The van der Waals surface area contributed by atoms with Crippen LogP contribution in [0.5, 0.6) is 5.75 Å². The standard InChI is InChI=1S/C17H23N3O3S/c1-3-20-17(10-13(2)19-20)24(21,22)18-12-14-8-9-23-16-7-5-4-6-15(16)11-14/h4-7,10,14,18H,3,8-9,11-12H2,1-2H3/t14-/m1/s1. The molecule has 1 N–H and O–H groups in total. The zero-order valence-electron chi connectivity index (χ0n) is 14.0. The molecule has 0 fully saturated rings. The van der Waals surface area contributed by atoms with Gasteiger partial charge in [0.1, 0.15) is 5.75 Å². The molecule has 6 nitrogen and oxygen atoms in total. The van der Waals surface area contributed by atoms with Crippen LogP contribution >= 0.6 is 0 Å². The van der Waals surface area contributed by atoms with E-state index in [-0.39, 0.29) is 10.9 Å². The van der Waals surface area contributed by atoms with Crippen molar-refractivity contribution >= 4 is 10.0 Å². The summed E-state index contributed by atoms with van der Waals surface area (Å²) in [6, 6.07) is 9.55. The van der Waals surface area contributed by atoms with E-state index in [0.717, 1.165) is 24.2 Å². The third kappa shape index (κ3) is 3.62. The Balaban J connectivity index is 1.71. The molecule has 3 rings (SSSR count). The summed E-state index contributed by atoms with van der Waals surface area (Å²) >= 11 is 0. The van der Waals surface area contributed by atoms with Crippen LogP contribution in [0.15, 0.2) is 35.4 Å². The van der Waals surface area contributed by atoms with Crippen LogP contribution in [0.4, 0.5) is 0 Å². The lowest BCUT2D eigenvalue weighted by Gasteiger charge is -2.15. The zero-order chi connectivity index (χ0) is 17.2. The second-order valence-corrected chi connectivity index (χ2v) is 7.82. The fraction of sp³-hybridized carbons (Fsp3) is 0.471. The molecular formula is C17H23N3O3S. The first-order chi connectivity index (χ1) is 11.5. The Kier molecular flexibility index (Phi) is 4.91. The molecule has 1 atom stereocenters. The number of hydrogen-bond acceptors (Lipinski definition) is 4. The molecule has 0 aliphatic carbocycles. The van der Waals surface area contributed by atoms with E-state index in [1.54, 1.807) is 13.0 Å². The second kappa shape index (κ2) is 6.94. The number of rotatable bonds is 5. The summed E-state index contributed by atoms with van der Waals surface area (Å²) in [5, 5.41) is 4.44. The third-order valence-electron chi connectivity index (χ3n) is 4.27. The Morgan fingerprint density at radius 2 is 2.17 bits per heavy atom. The molecule has 2 aromatic rings. The van der Waals surface area contributed by atoms with Gasteiger partial charge < -0.3 is 4.74 Å². The van der Waals surface area contributed by atoms with Gasteiger partial charge in [0, 0.05) is 13.1 Å². The molecule has 1 aliphatic rings. The molecule has 2 heterocycles. The van der Waals surface area contributed by atoms with E-state index in [9.17, 15) is 8.42 Å². The molecule has 130 valence electrons. The predicted octanol–water partition coefficient (Wildman–Crippen LogP) is 2.13. The largest absolute Gasteiger partial charge is 0.493 e. The average molecular weight is 349 g/mol. The van der Waals surface area contributed by atoms with Crippen LogP contribution in [0.25, 0.3) is 0 Å². The highest BCUT2D eigenvalue weighted by molar-refractivity contribution is 7.89. The van der Waals surface area contributed by atoms with Gasteiger partial charge in [-0.05, 0) is 50.3 Å². The number of para-hydroxylation sites is 1. The van der Waals surface area contributed by atoms with Gasteiger partial charge in [0.25, 0.3) is 10.0 Å². The summed E-state index contributed by atoms with van der Waals surface area (Å²) in [6.07, 6.45) is 1.63. The quantitative estimate of drug-likeness (QED) is 0.897. The van der Waals surface area contributed by atoms with Crippen molar-refractivity contribution in [2.24, 2.45) is 5.92 Å². The van der Waals surface area contributed by atoms with Crippen molar-refractivity contribution in [3.05, 3.63) is 41.6 Å². The fourth-order valence-electron chi connectivity index (χ4n) is 3.00. The summed E-state index contributed by atoms with van der Waals surface area (Å²) in [7, 11) is -3.56.